The quantitative estimate of drug-likeness (QED) is 0.492. The first-order valence-corrected chi connectivity index (χ1v) is 6.67. The van der Waals surface area contributed by atoms with E-state index in [1.165, 1.54) is 30.6 Å². The summed E-state index contributed by atoms with van der Waals surface area (Å²) in [5.41, 5.74) is 2.57. The Morgan fingerprint density at radius 3 is 2.60 bits per heavy atom. The maximum Gasteiger partial charge on any atom is 0.271 e. The second-order valence-corrected chi connectivity index (χ2v) is 4.86. The number of furan rings is 1. The van der Waals surface area contributed by atoms with E-state index in [2.05, 4.69) is 15.5 Å². The number of carbonyl (C=O) groups is 1. The van der Waals surface area contributed by atoms with E-state index in [0.717, 1.165) is 12.3 Å². The van der Waals surface area contributed by atoms with Crippen molar-refractivity contribution >= 4 is 22.2 Å². The molecule has 1 N–H and O–H groups in total. The fourth-order valence-corrected chi connectivity index (χ4v) is 1.69. The van der Waals surface area contributed by atoms with Gasteiger partial charge < -0.3 is 8.97 Å². The molecule has 2 aromatic heterocycles. The summed E-state index contributed by atoms with van der Waals surface area (Å²) >= 11 is 0. The molecule has 0 aliphatic rings. The van der Waals surface area contributed by atoms with Crippen molar-refractivity contribution < 1.29 is 22.2 Å². The molecule has 0 aliphatic heterocycles. The molecule has 104 valence electrons. The van der Waals surface area contributed by atoms with Crippen molar-refractivity contribution in [2.45, 2.75) is 5.09 Å². The van der Waals surface area contributed by atoms with Gasteiger partial charge in [0.05, 0.1) is 6.21 Å². The molecule has 0 bridgehead atoms. The first-order chi connectivity index (χ1) is 9.47. The van der Waals surface area contributed by atoms with Crippen molar-refractivity contribution in [1.82, 2.24) is 10.4 Å². The van der Waals surface area contributed by atoms with Crippen molar-refractivity contribution in [1.29, 1.82) is 0 Å². The predicted octanol–water partition coefficient (Wildman–Crippen LogP) is 0.343. The van der Waals surface area contributed by atoms with Crippen LogP contribution in [-0.4, -0.2) is 30.1 Å². The fraction of sp³-hybridized carbons (Fsp3) is 0. The zero-order valence-electron chi connectivity index (χ0n) is 9.89. The summed E-state index contributed by atoms with van der Waals surface area (Å²) in [6.45, 7) is 0. The summed E-state index contributed by atoms with van der Waals surface area (Å²) in [6, 6.07) is 5.25. The number of hydrazone groups is 1. The van der Waals surface area contributed by atoms with Crippen LogP contribution in [0.15, 0.2) is 51.3 Å². The monoisotopic (exact) mass is 294 g/mol. The molecule has 0 fully saturated rings. The molecule has 2 aromatic rings. The molecule has 0 unspecified atom stereocenters. The molecule has 1 amide bonds. The van der Waals surface area contributed by atoms with Gasteiger partial charge in [-0.25, -0.2) is 13.8 Å². The second kappa shape index (κ2) is 5.63. The molecular weight excluding hydrogens is 286 g/mol. The van der Waals surface area contributed by atoms with Gasteiger partial charge in [0.2, 0.25) is 5.09 Å². The number of hydrogen-bond donors (Lipinski definition) is 1. The highest BCUT2D eigenvalue weighted by Crippen LogP contribution is 2.11. The summed E-state index contributed by atoms with van der Waals surface area (Å²) in [5.74, 6) is -0.443. The van der Waals surface area contributed by atoms with Gasteiger partial charge in [-0.2, -0.15) is 5.10 Å². The van der Waals surface area contributed by atoms with E-state index in [4.69, 9.17) is 4.42 Å². The molecule has 2 heterocycles. The van der Waals surface area contributed by atoms with E-state index >= 15 is 0 Å². The van der Waals surface area contributed by atoms with Gasteiger partial charge in [-0.3, -0.25) is 9.78 Å². The Morgan fingerprint density at radius 2 is 2.00 bits per heavy atom. The van der Waals surface area contributed by atoms with Crippen LogP contribution in [0.5, 0.6) is 0 Å². The van der Waals surface area contributed by atoms with Crippen molar-refractivity contribution in [3.8, 4) is 0 Å². The highest BCUT2D eigenvalue weighted by molar-refractivity contribution is 7.85. The van der Waals surface area contributed by atoms with E-state index in [-0.39, 0.29) is 5.76 Å². The molecule has 0 spiro atoms. The van der Waals surface area contributed by atoms with Gasteiger partial charge in [0.15, 0.2) is 10.1 Å². The van der Waals surface area contributed by atoms with Gasteiger partial charge in [-0.05, 0) is 24.3 Å². The minimum Gasteiger partial charge on any atom is -0.742 e. The van der Waals surface area contributed by atoms with E-state index in [0.29, 0.717) is 5.56 Å². The van der Waals surface area contributed by atoms with E-state index in [9.17, 15) is 17.8 Å². The number of carbonyl (C=O) groups excluding carboxylic acids is 1. The molecule has 9 heteroatoms. The summed E-state index contributed by atoms with van der Waals surface area (Å²) in [4.78, 5) is 15.3. The SMILES string of the molecule is O=C(N/N=C/c1ccc(S(=O)(=O)[O-])o1)c1ccncc1. The van der Waals surface area contributed by atoms with Gasteiger partial charge >= 0.3 is 0 Å². The number of hydrogen-bond acceptors (Lipinski definition) is 7. The number of amides is 1. The highest BCUT2D eigenvalue weighted by Gasteiger charge is 2.07. The van der Waals surface area contributed by atoms with Crippen LogP contribution in [0.2, 0.25) is 0 Å². The summed E-state index contributed by atoms with van der Waals surface area (Å²) in [5, 5.41) is 2.87. The standard InChI is InChI=1S/C11H9N3O5S/c15-11(8-3-5-12-6-4-8)14-13-7-9-1-2-10(19-9)20(16,17)18/h1-7H,(H,14,15)(H,16,17,18)/p-1/b13-7+. The van der Waals surface area contributed by atoms with Gasteiger partial charge in [0.1, 0.15) is 5.76 Å². The lowest BCUT2D eigenvalue weighted by molar-refractivity contribution is 0.0955. The second-order valence-electron chi connectivity index (χ2n) is 3.55. The first kappa shape index (κ1) is 13.9. The lowest BCUT2D eigenvalue weighted by atomic mass is 10.3. The predicted molar refractivity (Wildman–Crippen MR) is 66.0 cm³/mol. The maximum atomic E-state index is 11.6. The Bertz CT molecular complexity index is 736. The minimum absolute atomic E-state index is 0.0226. The van der Waals surface area contributed by atoms with Crippen LogP contribution in [0.4, 0.5) is 0 Å². The van der Waals surface area contributed by atoms with E-state index in [1.807, 2.05) is 0 Å². The third-order valence-electron chi connectivity index (χ3n) is 2.15. The number of rotatable bonds is 4. The van der Waals surface area contributed by atoms with Crippen LogP contribution >= 0.6 is 0 Å². The van der Waals surface area contributed by atoms with Crippen LogP contribution in [0.25, 0.3) is 0 Å². The molecule has 0 aromatic carbocycles. The largest absolute Gasteiger partial charge is 0.742 e. The Hall–Kier alpha value is -2.52. The summed E-state index contributed by atoms with van der Waals surface area (Å²) < 4.78 is 36.7. The Kier molecular flexibility index (Phi) is 3.91. The van der Waals surface area contributed by atoms with Gasteiger partial charge in [-0.1, -0.05) is 0 Å². The van der Waals surface area contributed by atoms with Crippen LogP contribution < -0.4 is 5.43 Å². The number of nitrogens with zero attached hydrogens (tertiary/aromatic N) is 2. The molecule has 20 heavy (non-hydrogen) atoms. The normalized spacial score (nSPS) is 11.7. The topological polar surface area (TPSA) is 125 Å². The molecular formula is C11H8N3O5S-. The van der Waals surface area contributed by atoms with Crippen molar-refractivity contribution in [3.63, 3.8) is 0 Å². The summed E-state index contributed by atoms with van der Waals surface area (Å²) in [7, 11) is -4.64. The Labute approximate surface area is 113 Å². The van der Waals surface area contributed by atoms with Gasteiger partial charge in [-0.15, -0.1) is 0 Å². The van der Waals surface area contributed by atoms with Crippen molar-refractivity contribution in [2.75, 3.05) is 0 Å². The average molecular weight is 294 g/mol. The molecule has 0 atom stereocenters. The van der Waals surface area contributed by atoms with Crippen LogP contribution in [-0.2, 0) is 10.1 Å². The Balaban J connectivity index is 2.01. The van der Waals surface area contributed by atoms with Gasteiger partial charge in [0, 0.05) is 18.0 Å². The lowest BCUT2D eigenvalue weighted by Gasteiger charge is -2.00. The van der Waals surface area contributed by atoms with Crippen molar-refractivity contribution in [3.05, 3.63) is 48.0 Å². The molecule has 0 saturated carbocycles. The molecule has 0 aliphatic carbocycles. The van der Waals surface area contributed by atoms with Crippen LogP contribution in [0.1, 0.15) is 16.1 Å². The fourth-order valence-electron chi connectivity index (χ4n) is 1.26. The number of pyridine rings is 1. The number of aromatic nitrogens is 1. The third-order valence-corrected chi connectivity index (χ3v) is 2.86. The molecule has 0 radical (unpaired) electrons. The van der Waals surface area contributed by atoms with E-state index in [1.54, 1.807) is 0 Å². The number of nitrogens with one attached hydrogen (secondary N) is 1. The average Bonchev–Trinajstić information content (AvgIpc) is 2.88. The third kappa shape index (κ3) is 3.49. The van der Waals surface area contributed by atoms with Crippen LogP contribution in [0.3, 0.4) is 0 Å². The van der Waals surface area contributed by atoms with Crippen LogP contribution in [0, 0.1) is 0 Å². The maximum absolute atomic E-state index is 11.6. The first-order valence-electron chi connectivity index (χ1n) is 5.26. The van der Waals surface area contributed by atoms with E-state index < -0.39 is 21.1 Å². The van der Waals surface area contributed by atoms with Gasteiger partial charge in [0.25, 0.3) is 5.91 Å². The minimum atomic E-state index is -4.64. The highest BCUT2D eigenvalue weighted by atomic mass is 32.2. The lowest BCUT2D eigenvalue weighted by Crippen LogP contribution is -2.17. The zero-order valence-corrected chi connectivity index (χ0v) is 10.7. The molecule has 8 nitrogen and oxygen atoms in total. The Morgan fingerprint density at radius 1 is 1.30 bits per heavy atom. The van der Waals surface area contributed by atoms with Crippen molar-refractivity contribution in [2.24, 2.45) is 5.10 Å². The zero-order chi connectivity index (χ0) is 14.6. The molecule has 0 saturated heterocycles. The molecule has 2 rings (SSSR count). The smallest absolute Gasteiger partial charge is 0.271 e. The summed E-state index contributed by atoms with van der Waals surface area (Å²) in [6.07, 6.45) is 3.99.